The molecule has 0 radical (unpaired) electrons. The summed E-state index contributed by atoms with van der Waals surface area (Å²) in [5.74, 6) is 0.735. The van der Waals surface area contributed by atoms with Gasteiger partial charge in [0.05, 0.1) is 0 Å². The van der Waals surface area contributed by atoms with Crippen LogP contribution in [0.25, 0.3) is 0 Å². The summed E-state index contributed by atoms with van der Waals surface area (Å²) in [7, 11) is 0. The van der Waals surface area contributed by atoms with E-state index in [4.69, 9.17) is 10.5 Å². The topological polar surface area (TPSA) is 35.2 Å². The minimum atomic E-state index is 0.390. The molecule has 1 rings (SSSR count). The molecule has 1 aliphatic rings. The first kappa shape index (κ1) is 9.01. The van der Waals surface area contributed by atoms with Crippen molar-refractivity contribution in [1.29, 1.82) is 0 Å². The van der Waals surface area contributed by atoms with E-state index < -0.39 is 0 Å². The van der Waals surface area contributed by atoms with Crippen LogP contribution in [0.2, 0.25) is 0 Å². The van der Waals surface area contributed by atoms with E-state index in [0.717, 1.165) is 32.0 Å². The molecule has 1 aliphatic heterocycles. The van der Waals surface area contributed by atoms with Gasteiger partial charge >= 0.3 is 0 Å². The summed E-state index contributed by atoms with van der Waals surface area (Å²) in [6.07, 6.45) is 4.78. The molecule has 1 fully saturated rings. The maximum Gasteiger partial charge on any atom is 0.0494 e. The Bertz CT molecular complexity index is 99.7. The Morgan fingerprint density at radius 1 is 1.64 bits per heavy atom. The third-order valence-electron chi connectivity index (χ3n) is 2.42. The molecule has 2 heteroatoms. The molecular formula is C9H19NO. The quantitative estimate of drug-likeness (QED) is 0.674. The van der Waals surface area contributed by atoms with Crippen molar-refractivity contribution in [3.05, 3.63) is 0 Å². The van der Waals surface area contributed by atoms with Crippen LogP contribution in [0, 0.1) is 5.92 Å². The van der Waals surface area contributed by atoms with E-state index in [9.17, 15) is 0 Å². The van der Waals surface area contributed by atoms with E-state index in [2.05, 4.69) is 6.92 Å². The van der Waals surface area contributed by atoms with Crippen molar-refractivity contribution in [2.24, 2.45) is 11.7 Å². The highest BCUT2D eigenvalue weighted by Gasteiger charge is 2.15. The summed E-state index contributed by atoms with van der Waals surface area (Å²) >= 11 is 0. The molecule has 66 valence electrons. The molecule has 0 saturated carbocycles. The Hall–Kier alpha value is -0.0800. The smallest absolute Gasteiger partial charge is 0.0494 e. The molecule has 2 nitrogen and oxygen atoms in total. The molecule has 11 heavy (non-hydrogen) atoms. The number of nitrogens with two attached hydrogens (primary N) is 1. The number of ether oxygens (including phenoxy) is 1. The van der Waals surface area contributed by atoms with Gasteiger partial charge in [-0.05, 0) is 31.6 Å². The molecule has 1 heterocycles. The molecule has 2 unspecified atom stereocenters. The van der Waals surface area contributed by atoms with Crippen molar-refractivity contribution in [2.75, 3.05) is 13.2 Å². The van der Waals surface area contributed by atoms with E-state index in [1.165, 1.54) is 12.8 Å². The molecule has 2 atom stereocenters. The number of rotatable bonds is 3. The van der Waals surface area contributed by atoms with Gasteiger partial charge in [-0.15, -0.1) is 0 Å². The Morgan fingerprint density at radius 2 is 2.45 bits per heavy atom. The van der Waals surface area contributed by atoms with E-state index in [0.29, 0.717) is 6.04 Å². The summed E-state index contributed by atoms with van der Waals surface area (Å²) < 4.78 is 5.37. The van der Waals surface area contributed by atoms with E-state index in [-0.39, 0.29) is 0 Å². The van der Waals surface area contributed by atoms with Gasteiger partial charge in [-0.3, -0.25) is 0 Å². The summed E-state index contributed by atoms with van der Waals surface area (Å²) in [5, 5.41) is 0. The van der Waals surface area contributed by atoms with Gasteiger partial charge in [-0.25, -0.2) is 0 Å². The zero-order valence-corrected chi connectivity index (χ0v) is 7.38. The standard InChI is InChI=1S/C9H19NO/c1-2-9(10)6-8-4-3-5-11-7-8/h8-9H,2-7,10H2,1H3. The van der Waals surface area contributed by atoms with Crippen molar-refractivity contribution in [2.45, 2.75) is 38.6 Å². The zero-order valence-electron chi connectivity index (χ0n) is 7.38. The highest BCUT2D eigenvalue weighted by molar-refractivity contribution is 4.69. The zero-order chi connectivity index (χ0) is 8.10. The molecule has 0 amide bonds. The lowest BCUT2D eigenvalue weighted by molar-refractivity contribution is 0.0490. The summed E-state index contributed by atoms with van der Waals surface area (Å²) in [5.41, 5.74) is 5.85. The fourth-order valence-electron chi connectivity index (χ4n) is 1.59. The molecule has 0 bridgehead atoms. The Morgan fingerprint density at radius 3 is 3.00 bits per heavy atom. The van der Waals surface area contributed by atoms with Crippen LogP contribution in [-0.4, -0.2) is 19.3 Å². The second kappa shape index (κ2) is 4.73. The predicted octanol–water partition coefficient (Wildman–Crippen LogP) is 1.54. The lowest BCUT2D eigenvalue weighted by Crippen LogP contribution is -2.27. The number of hydrogen-bond donors (Lipinski definition) is 1. The van der Waals surface area contributed by atoms with Crippen molar-refractivity contribution in [3.8, 4) is 0 Å². The minimum Gasteiger partial charge on any atom is -0.381 e. The monoisotopic (exact) mass is 157 g/mol. The van der Waals surface area contributed by atoms with Gasteiger partial charge < -0.3 is 10.5 Å². The average molecular weight is 157 g/mol. The van der Waals surface area contributed by atoms with Gasteiger partial charge in [0.15, 0.2) is 0 Å². The molecule has 1 saturated heterocycles. The number of hydrogen-bond acceptors (Lipinski definition) is 2. The maximum atomic E-state index is 5.85. The van der Waals surface area contributed by atoms with Gasteiger partial charge in [-0.1, -0.05) is 6.92 Å². The van der Waals surface area contributed by atoms with Gasteiger partial charge in [0, 0.05) is 19.3 Å². The van der Waals surface area contributed by atoms with Crippen LogP contribution in [0.1, 0.15) is 32.6 Å². The average Bonchev–Trinajstić information content (AvgIpc) is 2.06. The van der Waals surface area contributed by atoms with Gasteiger partial charge in [0.1, 0.15) is 0 Å². The van der Waals surface area contributed by atoms with Crippen LogP contribution in [0.3, 0.4) is 0 Å². The minimum absolute atomic E-state index is 0.390. The van der Waals surface area contributed by atoms with Crippen molar-refractivity contribution in [3.63, 3.8) is 0 Å². The normalized spacial score (nSPS) is 28.4. The van der Waals surface area contributed by atoms with Crippen molar-refractivity contribution in [1.82, 2.24) is 0 Å². The Balaban J connectivity index is 2.13. The van der Waals surface area contributed by atoms with Crippen LogP contribution in [0.4, 0.5) is 0 Å². The lowest BCUT2D eigenvalue weighted by atomic mass is 9.94. The van der Waals surface area contributed by atoms with Crippen molar-refractivity contribution < 1.29 is 4.74 Å². The maximum absolute atomic E-state index is 5.85. The van der Waals surface area contributed by atoms with Gasteiger partial charge in [0.25, 0.3) is 0 Å². The first-order chi connectivity index (χ1) is 5.33. The third kappa shape index (κ3) is 3.21. The lowest BCUT2D eigenvalue weighted by Gasteiger charge is -2.24. The van der Waals surface area contributed by atoms with E-state index >= 15 is 0 Å². The second-order valence-electron chi connectivity index (χ2n) is 3.49. The first-order valence-electron chi connectivity index (χ1n) is 4.66. The fraction of sp³-hybridized carbons (Fsp3) is 1.00. The van der Waals surface area contributed by atoms with Crippen LogP contribution in [0.15, 0.2) is 0 Å². The molecule has 0 aromatic rings. The summed E-state index contributed by atoms with van der Waals surface area (Å²) in [4.78, 5) is 0. The SMILES string of the molecule is CCC(N)CC1CCCOC1. The van der Waals surface area contributed by atoms with E-state index in [1.807, 2.05) is 0 Å². The summed E-state index contributed by atoms with van der Waals surface area (Å²) in [6, 6.07) is 0.390. The Labute approximate surface area is 69.1 Å². The van der Waals surface area contributed by atoms with Crippen LogP contribution in [-0.2, 0) is 4.74 Å². The Kier molecular flexibility index (Phi) is 3.87. The second-order valence-corrected chi connectivity index (χ2v) is 3.49. The predicted molar refractivity (Wildman–Crippen MR) is 46.4 cm³/mol. The van der Waals surface area contributed by atoms with E-state index in [1.54, 1.807) is 0 Å². The molecule has 0 aromatic heterocycles. The molecule has 2 N–H and O–H groups in total. The largest absolute Gasteiger partial charge is 0.381 e. The highest BCUT2D eigenvalue weighted by Crippen LogP contribution is 2.18. The molecule has 0 aliphatic carbocycles. The van der Waals surface area contributed by atoms with Crippen LogP contribution >= 0.6 is 0 Å². The van der Waals surface area contributed by atoms with Crippen molar-refractivity contribution >= 4 is 0 Å². The highest BCUT2D eigenvalue weighted by atomic mass is 16.5. The molecule has 0 aromatic carbocycles. The van der Waals surface area contributed by atoms with Gasteiger partial charge in [0.2, 0.25) is 0 Å². The van der Waals surface area contributed by atoms with Crippen LogP contribution < -0.4 is 5.73 Å². The van der Waals surface area contributed by atoms with Crippen LogP contribution in [0.5, 0.6) is 0 Å². The summed E-state index contributed by atoms with van der Waals surface area (Å²) in [6.45, 7) is 4.04. The van der Waals surface area contributed by atoms with Gasteiger partial charge in [-0.2, -0.15) is 0 Å². The molecular weight excluding hydrogens is 138 g/mol. The third-order valence-corrected chi connectivity index (χ3v) is 2.42. The fourth-order valence-corrected chi connectivity index (χ4v) is 1.59. The molecule has 0 spiro atoms. The first-order valence-corrected chi connectivity index (χ1v) is 4.66.